The van der Waals surface area contributed by atoms with Crippen molar-refractivity contribution in [2.45, 2.75) is 26.7 Å². The minimum Gasteiger partial charge on any atom is -0.489 e. The van der Waals surface area contributed by atoms with Gasteiger partial charge in [-0.1, -0.05) is 6.92 Å². The minimum atomic E-state index is -0.953. The molecule has 1 aliphatic heterocycles. The van der Waals surface area contributed by atoms with Gasteiger partial charge in [-0.3, -0.25) is 9.59 Å². The summed E-state index contributed by atoms with van der Waals surface area (Å²) in [5.41, 5.74) is 2.25. The Morgan fingerprint density at radius 1 is 1.45 bits per heavy atom. The molecule has 0 bridgehead atoms. The average molecular weight is 277 g/mol. The van der Waals surface area contributed by atoms with E-state index >= 15 is 0 Å². The Bertz CT molecular complexity index is 539. The lowest BCUT2D eigenvalue weighted by atomic mass is 9.90. The Kier molecular flexibility index (Phi) is 4.27. The fourth-order valence-electron chi connectivity index (χ4n) is 2.43. The second kappa shape index (κ2) is 5.94. The molecule has 0 aromatic heterocycles. The van der Waals surface area contributed by atoms with Gasteiger partial charge in [0.15, 0.2) is 11.5 Å². The lowest BCUT2D eigenvalue weighted by Gasteiger charge is -2.23. The quantitative estimate of drug-likeness (QED) is 0.809. The fourth-order valence-corrected chi connectivity index (χ4v) is 2.43. The van der Waals surface area contributed by atoms with Crippen LogP contribution in [-0.4, -0.2) is 30.0 Å². The third-order valence-corrected chi connectivity index (χ3v) is 3.45. The van der Waals surface area contributed by atoms with Crippen LogP contribution in [0.1, 0.15) is 35.7 Å². The molecule has 1 unspecified atom stereocenters. The minimum absolute atomic E-state index is 0.147. The number of hydrogen-bond donors (Lipinski definition) is 2. The molecule has 0 amide bonds. The third kappa shape index (κ3) is 2.92. The molecule has 2 rings (SSSR count). The van der Waals surface area contributed by atoms with Gasteiger partial charge in [-0.25, -0.2) is 0 Å². The van der Waals surface area contributed by atoms with E-state index in [0.717, 1.165) is 11.3 Å². The maximum Gasteiger partial charge on any atom is 0.304 e. The van der Waals surface area contributed by atoms with Crippen molar-refractivity contribution in [2.24, 2.45) is 5.92 Å². The molecule has 0 fully saturated rings. The molecule has 20 heavy (non-hydrogen) atoms. The van der Waals surface area contributed by atoms with E-state index in [4.69, 9.17) is 9.84 Å². The van der Waals surface area contributed by atoms with Crippen LogP contribution in [0.5, 0.6) is 5.75 Å². The van der Waals surface area contributed by atoms with Crippen LogP contribution in [0.25, 0.3) is 0 Å². The summed E-state index contributed by atoms with van der Waals surface area (Å²) in [5, 5.41) is 12.1. The lowest BCUT2D eigenvalue weighted by Crippen LogP contribution is -2.23. The van der Waals surface area contributed by atoms with E-state index < -0.39 is 11.9 Å². The van der Waals surface area contributed by atoms with Crippen molar-refractivity contribution < 1.29 is 19.4 Å². The standard InChI is InChI=1S/C15H19NO4/c1-3-10(8-13(17)18)14(19)11-6-9(2)7-12-15(11)20-5-4-16-12/h6-7,10,16H,3-5,8H2,1-2H3,(H,17,18). The predicted molar refractivity (Wildman–Crippen MR) is 75.5 cm³/mol. The molecule has 0 saturated heterocycles. The van der Waals surface area contributed by atoms with E-state index in [1.165, 1.54) is 0 Å². The summed E-state index contributed by atoms with van der Waals surface area (Å²) >= 11 is 0. The first-order valence-electron chi connectivity index (χ1n) is 6.80. The van der Waals surface area contributed by atoms with Gasteiger partial charge in [0.1, 0.15) is 6.61 Å². The number of fused-ring (bicyclic) bond motifs is 1. The van der Waals surface area contributed by atoms with Crippen molar-refractivity contribution >= 4 is 17.4 Å². The number of carboxylic acid groups (broad SMARTS) is 1. The van der Waals surface area contributed by atoms with Gasteiger partial charge in [-0.05, 0) is 31.0 Å². The molecule has 5 heteroatoms. The number of carbonyl (C=O) groups is 2. The van der Waals surface area contributed by atoms with Gasteiger partial charge >= 0.3 is 5.97 Å². The number of anilines is 1. The second-order valence-corrected chi connectivity index (χ2v) is 5.03. The van der Waals surface area contributed by atoms with Gasteiger partial charge in [0, 0.05) is 12.5 Å². The number of Topliss-reactive ketones (excluding diaryl/α,β-unsaturated/α-hetero) is 1. The number of nitrogens with one attached hydrogen (secondary N) is 1. The summed E-state index contributed by atoms with van der Waals surface area (Å²) in [5.74, 6) is -1.07. The Morgan fingerprint density at radius 2 is 2.20 bits per heavy atom. The van der Waals surface area contributed by atoms with E-state index in [2.05, 4.69) is 5.32 Å². The summed E-state index contributed by atoms with van der Waals surface area (Å²) < 4.78 is 5.60. The maximum absolute atomic E-state index is 12.6. The van der Waals surface area contributed by atoms with Crippen LogP contribution in [0, 0.1) is 12.8 Å². The number of carbonyl (C=O) groups excluding carboxylic acids is 1. The van der Waals surface area contributed by atoms with Gasteiger partial charge in [-0.15, -0.1) is 0 Å². The van der Waals surface area contributed by atoms with Crippen LogP contribution >= 0.6 is 0 Å². The van der Waals surface area contributed by atoms with Crippen molar-refractivity contribution in [3.8, 4) is 5.75 Å². The molecule has 0 radical (unpaired) electrons. The van der Waals surface area contributed by atoms with Gasteiger partial charge in [0.25, 0.3) is 0 Å². The molecular weight excluding hydrogens is 258 g/mol. The number of carboxylic acids is 1. The molecule has 1 aromatic rings. The van der Waals surface area contributed by atoms with Gasteiger partial charge in [-0.2, -0.15) is 0 Å². The second-order valence-electron chi connectivity index (χ2n) is 5.03. The Balaban J connectivity index is 2.38. The van der Waals surface area contributed by atoms with Crippen molar-refractivity contribution in [1.82, 2.24) is 0 Å². The van der Waals surface area contributed by atoms with E-state index in [1.54, 1.807) is 6.07 Å². The molecule has 2 N–H and O–H groups in total. The third-order valence-electron chi connectivity index (χ3n) is 3.45. The predicted octanol–water partition coefficient (Wildman–Crippen LogP) is 2.48. The van der Waals surface area contributed by atoms with Crippen molar-refractivity contribution in [3.05, 3.63) is 23.3 Å². The highest BCUT2D eigenvalue weighted by Gasteiger charge is 2.26. The highest BCUT2D eigenvalue weighted by Crippen LogP contribution is 2.35. The zero-order chi connectivity index (χ0) is 14.7. The molecule has 1 aromatic carbocycles. The Morgan fingerprint density at radius 3 is 2.85 bits per heavy atom. The first-order chi connectivity index (χ1) is 9.52. The van der Waals surface area contributed by atoms with Crippen molar-refractivity contribution in [3.63, 3.8) is 0 Å². The summed E-state index contributed by atoms with van der Waals surface area (Å²) in [6, 6.07) is 3.71. The fraction of sp³-hybridized carbons (Fsp3) is 0.467. The van der Waals surface area contributed by atoms with Crippen LogP contribution in [0.4, 0.5) is 5.69 Å². The molecule has 1 atom stereocenters. The Hall–Kier alpha value is -2.04. The van der Waals surface area contributed by atoms with Crippen molar-refractivity contribution in [1.29, 1.82) is 0 Å². The number of ether oxygens (including phenoxy) is 1. The van der Waals surface area contributed by atoms with Crippen LogP contribution in [0.2, 0.25) is 0 Å². The van der Waals surface area contributed by atoms with E-state index in [9.17, 15) is 9.59 Å². The largest absolute Gasteiger partial charge is 0.489 e. The molecule has 108 valence electrons. The number of hydrogen-bond acceptors (Lipinski definition) is 4. The highest BCUT2D eigenvalue weighted by atomic mass is 16.5. The molecule has 5 nitrogen and oxygen atoms in total. The first kappa shape index (κ1) is 14.4. The van der Waals surface area contributed by atoms with Crippen LogP contribution in [-0.2, 0) is 4.79 Å². The summed E-state index contributed by atoms with van der Waals surface area (Å²) in [7, 11) is 0. The number of aliphatic carboxylic acids is 1. The number of ketones is 1. The molecular formula is C15H19NO4. The summed E-state index contributed by atoms with van der Waals surface area (Å²) in [6.45, 7) is 4.95. The van der Waals surface area contributed by atoms with Gasteiger partial charge < -0.3 is 15.2 Å². The zero-order valence-corrected chi connectivity index (χ0v) is 11.7. The van der Waals surface area contributed by atoms with Crippen LogP contribution in [0.3, 0.4) is 0 Å². The van der Waals surface area contributed by atoms with Crippen LogP contribution < -0.4 is 10.1 Å². The number of benzene rings is 1. The van der Waals surface area contributed by atoms with E-state index in [0.29, 0.717) is 30.9 Å². The van der Waals surface area contributed by atoms with Gasteiger partial charge in [0.2, 0.25) is 0 Å². The lowest BCUT2D eigenvalue weighted by molar-refractivity contribution is -0.137. The normalized spacial score (nSPS) is 14.7. The smallest absolute Gasteiger partial charge is 0.304 e. The molecule has 0 spiro atoms. The first-order valence-corrected chi connectivity index (χ1v) is 6.80. The molecule has 1 aliphatic rings. The van der Waals surface area contributed by atoms with Gasteiger partial charge in [0.05, 0.1) is 17.7 Å². The summed E-state index contributed by atoms with van der Waals surface area (Å²) in [6.07, 6.45) is 0.354. The monoisotopic (exact) mass is 277 g/mol. The average Bonchev–Trinajstić information content (AvgIpc) is 2.42. The molecule has 0 saturated carbocycles. The van der Waals surface area contributed by atoms with Crippen molar-refractivity contribution in [2.75, 3.05) is 18.5 Å². The molecule has 1 heterocycles. The highest BCUT2D eigenvalue weighted by molar-refractivity contribution is 6.03. The number of rotatable bonds is 5. The Labute approximate surface area is 117 Å². The maximum atomic E-state index is 12.6. The van der Waals surface area contributed by atoms with E-state index in [-0.39, 0.29) is 12.2 Å². The van der Waals surface area contributed by atoms with E-state index in [1.807, 2.05) is 19.9 Å². The summed E-state index contributed by atoms with van der Waals surface area (Å²) in [4.78, 5) is 23.4. The van der Waals surface area contributed by atoms with Crippen LogP contribution in [0.15, 0.2) is 12.1 Å². The number of aryl methyl sites for hydroxylation is 1. The molecule has 0 aliphatic carbocycles. The SMILES string of the molecule is CCC(CC(=O)O)C(=O)c1cc(C)cc2c1OCCN2. The zero-order valence-electron chi connectivity index (χ0n) is 11.7. The topological polar surface area (TPSA) is 75.6 Å².